The molecule has 0 saturated carbocycles. The average Bonchev–Trinajstić information content (AvgIpc) is 3.22. The molecule has 3 aromatic carbocycles. The Bertz CT molecular complexity index is 1100. The summed E-state index contributed by atoms with van der Waals surface area (Å²) in [5, 5.41) is 2.97. The lowest BCUT2D eigenvalue weighted by molar-refractivity contribution is -0.128. The fraction of sp³-hybridized carbons (Fsp3) is 0.231. The van der Waals surface area contributed by atoms with E-state index in [0.717, 1.165) is 39.9 Å². The second-order valence-electron chi connectivity index (χ2n) is 7.84. The van der Waals surface area contributed by atoms with Crippen LogP contribution >= 0.6 is 15.9 Å². The summed E-state index contributed by atoms with van der Waals surface area (Å²) in [6, 6.07) is 23.2. The van der Waals surface area contributed by atoms with E-state index in [1.807, 2.05) is 77.7 Å². The quantitative estimate of drug-likeness (QED) is 0.476. The molecule has 5 nitrogen and oxygen atoms in total. The number of hydrogen-bond acceptors (Lipinski definition) is 3. The molecular weight excluding hydrogens is 468 g/mol. The van der Waals surface area contributed by atoms with Crippen LogP contribution in [0.1, 0.15) is 39.9 Å². The van der Waals surface area contributed by atoms with Gasteiger partial charge in [0.1, 0.15) is 12.4 Å². The molecule has 0 atom stereocenters. The lowest BCUT2D eigenvalue weighted by Gasteiger charge is -2.16. The van der Waals surface area contributed by atoms with Gasteiger partial charge in [0.15, 0.2) is 0 Å². The molecule has 4 rings (SSSR count). The Balaban J connectivity index is 1.29. The van der Waals surface area contributed by atoms with Gasteiger partial charge in [-0.1, -0.05) is 48.5 Å². The van der Waals surface area contributed by atoms with Crippen molar-refractivity contribution < 1.29 is 14.3 Å². The summed E-state index contributed by atoms with van der Waals surface area (Å²) in [6.07, 6.45) is 1.58. The van der Waals surface area contributed by atoms with E-state index in [1.165, 1.54) is 0 Å². The number of rotatable bonds is 8. The van der Waals surface area contributed by atoms with Crippen LogP contribution in [0.3, 0.4) is 0 Å². The Morgan fingerprint density at radius 1 is 0.969 bits per heavy atom. The van der Waals surface area contributed by atoms with Crippen molar-refractivity contribution in [2.24, 2.45) is 0 Å². The van der Waals surface area contributed by atoms with Gasteiger partial charge in [0, 0.05) is 31.6 Å². The maximum Gasteiger partial charge on any atom is 0.251 e. The molecular formula is C26H25BrN2O3. The van der Waals surface area contributed by atoms with Crippen LogP contribution in [0.2, 0.25) is 0 Å². The highest BCUT2D eigenvalue weighted by Gasteiger charge is 2.20. The molecule has 0 aromatic heterocycles. The van der Waals surface area contributed by atoms with E-state index >= 15 is 0 Å². The van der Waals surface area contributed by atoms with Crippen LogP contribution in [0.5, 0.6) is 5.75 Å². The zero-order valence-corrected chi connectivity index (χ0v) is 19.3. The molecule has 1 aliphatic rings. The number of halogens is 1. The van der Waals surface area contributed by atoms with Crippen molar-refractivity contribution in [2.75, 3.05) is 6.54 Å². The van der Waals surface area contributed by atoms with Crippen LogP contribution in [0.25, 0.3) is 0 Å². The van der Waals surface area contributed by atoms with E-state index < -0.39 is 0 Å². The van der Waals surface area contributed by atoms with Gasteiger partial charge in [-0.2, -0.15) is 0 Å². The zero-order chi connectivity index (χ0) is 22.3. The summed E-state index contributed by atoms with van der Waals surface area (Å²) in [7, 11) is 0. The number of carbonyl (C=O) groups excluding carboxylic acids is 2. The summed E-state index contributed by atoms with van der Waals surface area (Å²) in [4.78, 5) is 26.3. The molecule has 0 spiro atoms. The number of likely N-dealkylation sites (tertiary alicyclic amines) is 1. The van der Waals surface area contributed by atoms with Crippen LogP contribution in [-0.2, 0) is 24.5 Å². The minimum atomic E-state index is -0.122. The number of amides is 2. The van der Waals surface area contributed by atoms with E-state index in [9.17, 15) is 9.59 Å². The molecule has 0 unspecified atom stereocenters. The van der Waals surface area contributed by atoms with Gasteiger partial charge >= 0.3 is 0 Å². The van der Waals surface area contributed by atoms with Crippen molar-refractivity contribution in [2.45, 2.75) is 32.5 Å². The lowest BCUT2D eigenvalue weighted by Crippen LogP contribution is -2.24. The Labute approximate surface area is 196 Å². The second kappa shape index (κ2) is 10.5. The molecule has 1 saturated heterocycles. The maximum atomic E-state index is 12.6. The molecule has 1 N–H and O–H groups in total. The van der Waals surface area contributed by atoms with E-state index in [-0.39, 0.29) is 11.8 Å². The lowest BCUT2D eigenvalue weighted by atomic mass is 10.1. The number of nitrogens with one attached hydrogen (secondary N) is 1. The summed E-state index contributed by atoms with van der Waals surface area (Å²) < 4.78 is 6.73. The summed E-state index contributed by atoms with van der Waals surface area (Å²) in [5.41, 5.74) is 3.69. The third kappa shape index (κ3) is 5.77. The SMILES string of the molecule is O=C(NCc1cccc(CN2CCCC2=O)c1)c1ccc(COc2ccccc2Br)cc1. The molecule has 0 aliphatic carbocycles. The highest BCUT2D eigenvalue weighted by Crippen LogP contribution is 2.24. The topological polar surface area (TPSA) is 58.6 Å². The Morgan fingerprint density at radius 2 is 1.75 bits per heavy atom. The minimum Gasteiger partial charge on any atom is -0.488 e. The van der Waals surface area contributed by atoms with Gasteiger partial charge in [0.25, 0.3) is 5.91 Å². The highest BCUT2D eigenvalue weighted by molar-refractivity contribution is 9.10. The predicted octanol–water partition coefficient (Wildman–Crippen LogP) is 5.08. The Kier molecular flexibility index (Phi) is 7.22. The number of para-hydroxylation sites is 1. The molecule has 32 heavy (non-hydrogen) atoms. The molecule has 2 amide bonds. The smallest absolute Gasteiger partial charge is 0.251 e. The van der Waals surface area contributed by atoms with E-state index in [2.05, 4.69) is 21.2 Å². The van der Waals surface area contributed by atoms with E-state index in [0.29, 0.717) is 31.7 Å². The second-order valence-corrected chi connectivity index (χ2v) is 8.69. The number of hydrogen-bond donors (Lipinski definition) is 1. The molecule has 1 aliphatic heterocycles. The Morgan fingerprint density at radius 3 is 2.50 bits per heavy atom. The van der Waals surface area contributed by atoms with Crippen LogP contribution in [0.15, 0.2) is 77.3 Å². The molecule has 164 valence electrons. The third-order valence-electron chi connectivity index (χ3n) is 5.44. The molecule has 6 heteroatoms. The predicted molar refractivity (Wildman–Crippen MR) is 127 cm³/mol. The first kappa shape index (κ1) is 22.1. The largest absolute Gasteiger partial charge is 0.488 e. The first-order chi connectivity index (χ1) is 15.6. The van der Waals surface area contributed by atoms with Gasteiger partial charge in [0.2, 0.25) is 5.91 Å². The van der Waals surface area contributed by atoms with E-state index in [4.69, 9.17) is 4.74 Å². The van der Waals surface area contributed by atoms with Crippen LogP contribution < -0.4 is 10.1 Å². The molecule has 1 heterocycles. The van der Waals surface area contributed by atoms with Crippen molar-refractivity contribution in [3.8, 4) is 5.75 Å². The van der Waals surface area contributed by atoms with Gasteiger partial charge in [0.05, 0.1) is 4.47 Å². The number of carbonyl (C=O) groups is 2. The van der Waals surface area contributed by atoms with Crippen molar-refractivity contribution in [1.82, 2.24) is 10.2 Å². The zero-order valence-electron chi connectivity index (χ0n) is 17.7. The van der Waals surface area contributed by atoms with Crippen molar-refractivity contribution in [3.05, 3.63) is 99.5 Å². The van der Waals surface area contributed by atoms with Gasteiger partial charge in [-0.25, -0.2) is 0 Å². The first-order valence-corrected chi connectivity index (χ1v) is 11.5. The standard InChI is InChI=1S/C26H25BrN2O3/c27-23-7-1-2-8-24(23)32-18-19-10-12-22(13-11-19)26(31)28-16-20-5-3-6-21(15-20)17-29-14-4-9-25(29)30/h1-3,5-8,10-13,15H,4,9,14,16-18H2,(H,28,31). The highest BCUT2D eigenvalue weighted by atomic mass is 79.9. The molecule has 1 fully saturated rings. The molecule has 0 radical (unpaired) electrons. The number of benzene rings is 3. The van der Waals surface area contributed by atoms with Crippen molar-refractivity contribution in [3.63, 3.8) is 0 Å². The Hall–Kier alpha value is -3.12. The summed E-state index contributed by atoms with van der Waals surface area (Å²) in [5.74, 6) is 0.878. The molecule has 0 bridgehead atoms. The average molecular weight is 493 g/mol. The van der Waals surface area contributed by atoms with Crippen LogP contribution in [0.4, 0.5) is 0 Å². The van der Waals surface area contributed by atoms with Crippen molar-refractivity contribution >= 4 is 27.7 Å². The van der Waals surface area contributed by atoms with Crippen LogP contribution in [-0.4, -0.2) is 23.3 Å². The molecule has 3 aromatic rings. The summed E-state index contributed by atoms with van der Waals surface area (Å²) in [6.45, 7) is 2.32. The van der Waals surface area contributed by atoms with Gasteiger partial charge in [-0.15, -0.1) is 0 Å². The van der Waals surface area contributed by atoms with Crippen molar-refractivity contribution in [1.29, 1.82) is 0 Å². The van der Waals surface area contributed by atoms with Gasteiger partial charge in [-0.05, 0) is 63.3 Å². The third-order valence-corrected chi connectivity index (χ3v) is 6.09. The van der Waals surface area contributed by atoms with Gasteiger partial charge in [-0.3, -0.25) is 9.59 Å². The number of ether oxygens (including phenoxy) is 1. The number of nitrogens with zero attached hydrogens (tertiary/aromatic N) is 1. The minimum absolute atomic E-state index is 0.122. The fourth-order valence-corrected chi connectivity index (χ4v) is 4.09. The van der Waals surface area contributed by atoms with Crippen LogP contribution in [0, 0.1) is 0 Å². The first-order valence-electron chi connectivity index (χ1n) is 10.7. The fourth-order valence-electron chi connectivity index (χ4n) is 3.69. The normalized spacial score (nSPS) is 13.3. The maximum absolute atomic E-state index is 12.6. The van der Waals surface area contributed by atoms with Gasteiger partial charge < -0.3 is 15.0 Å². The summed E-state index contributed by atoms with van der Waals surface area (Å²) >= 11 is 3.47. The van der Waals surface area contributed by atoms with E-state index in [1.54, 1.807) is 0 Å². The monoisotopic (exact) mass is 492 g/mol.